The molecule has 19 heteroatoms. The van der Waals surface area contributed by atoms with E-state index in [1.165, 1.54) is 135 Å². The second-order valence-electron chi connectivity index (χ2n) is 26.9. The molecule has 0 spiro atoms. The Kier molecular flexibility index (Phi) is 58.5. The van der Waals surface area contributed by atoms with Gasteiger partial charge < -0.3 is 33.8 Å². The average molecular weight is 1310 g/mol. The Balaban J connectivity index is 5.21. The normalized spacial score (nSPS) is 14.6. The molecule has 89 heavy (non-hydrogen) atoms. The standard InChI is InChI=1S/C70H136O17P2/c1-9-63(8)49-41-33-24-18-14-12-10-11-13-15-19-25-36-44-52-69(74)87-66(57-81-68(73)51-43-35-29-28-32-40-48-62(6)7)59-85-89(78,79)83-55-64(71)54-82-88(76,77)84-58-65(56-80-67(72)50-42-34-27-21-23-31-39-47-61(4)5)86-70(75)53-45-37-26-20-16-17-22-30-38-46-60(2)3/h60-66,71H,9-59H2,1-8H3,(H,76,77)(H,78,79)/t63?,64-,65-,66-/m1/s1. The highest BCUT2D eigenvalue weighted by atomic mass is 31.2. The molecule has 0 aliphatic rings. The lowest BCUT2D eigenvalue weighted by molar-refractivity contribution is -0.161. The molecule has 0 aromatic rings. The third-order valence-electron chi connectivity index (χ3n) is 16.4. The van der Waals surface area contributed by atoms with Gasteiger partial charge in [0.15, 0.2) is 12.2 Å². The van der Waals surface area contributed by atoms with Crippen molar-refractivity contribution >= 4 is 39.5 Å². The van der Waals surface area contributed by atoms with Gasteiger partial charge in [-0.2, -0.15) is 0 Å². The fraction of sp³-hybridized carbons (Fsp3) is 0.943. The predicted octanol–water partition coefficient (Wildman–Crippen LogP) is 19.7. The number of hydrogen-bond acceptors (Lipinski definition) is 15. The molecular weight excluding hydrogens is 1170 g/mol. The van der Waals surface area contributed by atoms with Crippen molar-refractivity contribution in [1.29, 1.82) is 0 Å². The highest BCUT2D eigenvalue weighted by Crippen LogP contribution is 2.45. The average Bonchev–Trinajstić information content (AvgIpc) is 3.65. The molecule has 528 valence electrons. The lowest BCUT2D eigenvalue weighted by Crippen LogP contribution is -2.30. The van der Waals surface area contributed by atoms with Gasteiger partial charge in [-0.25, -0.2) is 9.13 Å². The van der Waals surface area contributed by atoms with Crippen molar-refractivity contribution in [3.8, 4) is 0 Å². The number of unbranched alkanes of at least 4 members (excludes halogenated alkanes) is 32. The van der Waals surface area contributed by atoms with Crippen LogP contribution in [0.25, 0.3) is 0 Å². The van der Waals surface area contributed by atoms with Crippen LogP contribution in [0.1, 0.15) is 344 Å². The van der Waals surface area contributed by atoms with Crippen LogP contribution >= 0.6 is 15.6 Å². The Bertz CT molecular complexity index is 1770. The second kappa shape index (κ2) is 59.8. The molecule has 0 aliphatic carbocycles. The summed E-state index contributed by atoms with van der Waals surface area (Å²) in [6.45, 7) is 14.0. The molecule has 0 aliphatic heterocycles. The zero-order valence-corrected chi connectivity index (χ0v) is 59.8. The molecule has 17 nitrogen and oxygen atoms in total. The van der Waals surface area contributed by atoms with Crippen LogP contribution in [0.2, 0.25) is 0 Å². The quantitative estimate of drug-likeness (QED) is 0.0222. The summed E-state index contributed by atoms with van der Waals surface area (Å²) in [6, 6.07) is 0. The Morgan fingerprint density at radius 1 is 0.315 bits per heavy atom. The Hall–Kier alpha value is -1.94. The van der Waals surface area contributed by atoms with Crippen molar-refractivity contribution in [2.75, 3.05) is 39.6 Å². The molecule has 0 heterocycles. The number of esters is 4. The molecule has 0 aromatic carbocycles. The summed E-state index contributed by atoms with van der Waals surface area (Å²) in [4.78, 5) is 72.5. The number of rotatable bonds is 67. The topological polar surface area (TPSA) is 237 Å². The maximum absolute atomic E-state index is 13.0. The van der Waals surface area contributed by atoms with Crippen molar-refractivity contribution in [1.82, 2.24) is 0 Å². The van der Waals surface area contributed by atoms with E-state index in [0.29, 0.717) is 37.5 Å². The SMILES string of the molecule is CCC(C)CCCCCCCCCCCCCCCCC(=O)O[C@H](COC(=O)CCCCCCCCC(C)C)COP(=O)(O)OC[C@H](O)COP(=O)(O)OC[C@@H](COC(=O)CCCCCCCCCC(C)C)OC(=O)CCCCCCCCCCCC(C)C. The molecule has 0 amide bonds. The van der Waals surface area contributed by atoms with Crippen LogP contribution in [0.4, 0.5) is 0 Å². The van der Waals surface area contributed by atoms with E-state index in [9.17, 15) is 43.2 Å². The second-order valence-corrected chi connectivity index (χ2v) is 29.8. The number of phosphoric acid groups is 2. The van der Waals surface area contributed by atoms with Gasteiger partial charge in [-0.3, -0.25) is 37.3 Å². The Labute approximate surface area is 543 Å². The van der Waals surface area contributed by atoms with Gasteiger partial charge in [0, 0.05) is 25.7 Å². The number of phosphoric ester groups is 2. The molecule has 6 atom stereocenters. The monoisotopic (exact) mass is 1310 g/mol. The molecule has 0 saturated heterocycles. The van der Waals surface area contributed by atoms with Gasteiger partial charge in [0.2, 0.25) is 0 Å². The van der Waals surface area contributed by atoms with Gasteiger partial charge in [0.1, 0.15) is 19.3 Å². The Morgan fingerprint density at radius 3 is 0.798 bits per heavy atom. The van der Waals surface area contributed by atoms with Gasteiger partial charge in [-0.1, -0.05) is 293 Å². The lowest BCUT2D eigenvalue weighted by Gasteiger charge is -2.21. The first kappa shape index (κ1) is 87.1. The van der Waals surface area contributed by atoms with Gasteiger partial charge in [0.05, 0.1) is 26.4 Å². The van der Waals surface area contributed by atoms with Gasteiger partial charge in [0.25, 0.3) is 0 Å². The predicted molar refractivity (Wildman–Crippen MR) is 358 cm³/mol. The van der Waals surface area contributed by atoms with Crippen molar-refractivity contribution in [3.05, 3.63) is 0 Å². The number of hydrogen-bond donors (Lipinski definition) is 3. The maximum atomic E-state index is 13.0. The smallest absolute Gasteiger partial charge is 0.462 e. The Morgan fingerprint density at radius 2 is 0.539 bits per heavy atom. The van der Waals surface area contributed by atoms with Crippen LogP contribution in [0.5, 0.6) is 0 Å². The fourth-order valence-corrected chi connectivity index (χ4v) is 12.0. The van der Waals surface area contributed by atoms with E-state index in [4.69, 9.17) is 37.0 Å². The molecule has 0 fully saturated rings. The van der Waals surface area contributed by atoms with Gasteiger partial charge in [-0.15, -0.1) is 0 Å². The van der Waals surface area contributed by atoms with Crippen LogP contribution < -0.4 is 0 Å². The summed E-state index contributed by atoms with van der Waals surface area (Å²) in [6.07, 6.45) is 41.9. The number of carbonyl (C=O) groups excluding carboxylic acids is 4. The number of ether oxygens (including phenoxy) is 4. The summed E-state index contributed by atoms with van der Waals surface area (Å²) in [5.74, 6) is 0.834. The first-order chi connectivity index (χ1) is 42.6. The molecule has 3 N–H and O–H groups in total. The lowest BCUT2D eigenvalue weighted by atomic mass is 9.99. The molecule has 3 unspecified atom stereocenters. The highest BCUT2D eigenvalue weighted by Gasteiger charge is 2.30. The number of carbonyl (C=O) groups is 4. The molecule has 0 bridgehead atoms. The summed E-state index contributed by atoms with van der Waals surface area (Å²) < 4.78 is 68.2. The van der Waals surface area contributed by atoms with Crippen LogP contribution in [-0.2, 0) is 65.4 Å². The first-order valence-corrected chi connectivity index (χ1v) is 39.2. The van der Waals surface area contributed by atoms with Crippen molar-refractivity contribution in [2.45, 2.75) is 363 Å². The number of aliphatic hydroxyl groups is 1. The van der Waals surface area contributed by atoms with E-state index in [2.05, 4.69) is 55.4 Å². The number of aliphatic hydroxyl groups excluding tert-OH is 1. The van der Waals surface area contributed by atoms with E-state index < -0.39 is 97.5 Å². The summed E-state index contributed by atoms with van der Waals surface area (Å²) in [5, 5.41) is 10.6. The zero-order chi connectivity index (χ0) is 66.1. The largest absolute Gasteiger partial charge is 0.472 e. The van der Waals surface area contributed by atoms with Gasteiger partial charge >= 0.3 is 39.5 Å². The minimum Gasteiger partial charge on any atom is -0.462 e. The van der Waals surface area contributed by atoms with Crippen LogP contribution in [0.3, 0.4) is 0 Å². The minimum atomic E-state index is -4.95. The summed E-state index contributed by atoms with van der Waals surface area (Å²) >= 11 is 0. The van der Waals surface area contributed by atoms with Crippen LogP contribution in [0, 0.1) is 23.7 Å². The third-order valence-corrected chi connectivity index (χ3v) is 18.3. The van der Waals surface area contributed by atoms with Gasteiger partial charge in [-0.05, 0) is 49.4 Å². The van der Waals surface area contributed by atoms with E-state index in [1.54, 1.807) is 0 Å². The van der Waals surface area contributed by atoms with Crippen molar-refractivity contribution in [3.63, 3.8) is 0 Å². The van der Waals surface area contributed by atoms with E-state index >= 15 is 0 Å². The summed E-state index contributed by atoms with van der Waals surface area (Å²) in [5.41, 5.74) is 0. The third kappa shape index (κ3) is 63.2. The van der Waals surface area contributed by atoms with E-state index in [0.717, 1.165) is 115 Å². The van der Waals surface area contributed by atoms with E-state index in [1.807, 2.05) is 0 Å². The van der Waals surface area contributed by atoms with Crippen LogP contribution in [-0.4, -0.2) is 96.7 Å². The first-order valence-electron chi connectivity index (χ1n) is 36.2. The highest BCUT2D eigenvalue weighted by molar-refractivity contribution is 7.47. The maximum Gasteiger partial charge on any atom is 0.472 e. The van der Waals surface area contributed by atoms with Crippen molar-refractivity contribution in [2.24, 2.45) is 23.7 Å². The minimum absolute atomic E-state index is 0.104. The van der Waals surface area contributed by atoms with Crippen molar-refractivity contribution < 1.29 is 80.2 Å². The van der Waals surface area contributed by atoms with Crippen LogP contribution in [0.15, 0.2) is 0 Å². The summed E-state index contributed by atoms with van der Waals surface area (Å²) in [7, 11) is -9.90. The van der Waals surface area contributed by atoms with E-state index in [-0.39, 0.29) is 25.7 Å². The molecular formula is C70H136O17P2. The molecule has 0 rings (SSSR count). The molecule has 0 radical (unpaired) electrons. The fourth-order valence-electron chi connectivity index (χ4n) is 10.5. The molecule has 0 aromatic heterocycles. The zero-order valence-electron chi connectivity index (χ0n) is 58.1. The molecule has 0 saturated carbocycles.